The maximum Gasteiger partial charge on any atom is 0.323 e. The van der Waals surface area contributed by atoms with Crippen molar-refractivity contribution in [2.24, 2.45) is 0 Å². The van der Waals surface area contributed by atoms with Crippen LogP contribution in [0.5, 0.6) is 0 Å². The average molecular weight is 159 g/mol. The maximum atomic E-state index is 10.7. The molecule has 0 amide bonds. The predicted octanol–water partition coefficient (Wildman–Crippen LogP) is -0.162. The maximum absolute atomic E-state index is 10.7. The molecule has 2 atom stereocenters. The lowest BCUT2D eigenvalue weighted by Gasteiger charge is -2.17. The Kier molecular flexibility index (Phi) is 2.15. The quantitative estimate of drug-likeness (QED) is 0.587. The third-order valence-electron chi connectivity index (χ3n) is 2.16. The molecule has 4 nitrogen and oxygen atoms in total. The molecule has 0 aromatic rings. The SMILES string of the molecule is CO[C@@H]1CN[C@](C)(C(=O)O)C1. The lowest BCUT2D eigenvalue weighted by atomic mass is 10.0. The zero-order chi connectivity index (χ0) is 8.48. The molecule has 0 aliphatic carbocycles. The van der Waals surface area contributed by atoms with Gasteiger partial charge >= 0.3 is 5.97 Å². The van der Waals surface area contributed by atoms with Crippen LogP contribution in [-0.2, 0) is 9.53 Å². The first-order chi connectivity index (χ1) is 5.08. The molecule has 1 saturated heterocycles. The van der Waals surface area contributed by atoms with Crippen molar-refractivity contribution in [3.05, 3.63) is 0 Å². The van der Waals surface area contributed by atoms with E-state index in [0.29, 0.717) is 13.0 Å². The Morgan fingerprint density at radius 1 is 1.82 bits per heavy atom. The molecule has 0 aromatic heterocycles. The van der Waals surface area contributed by atoms with Crippen molar-refractivity contribution in [3.63, 3.8) is 0 Å². The van der Waals surface area contributed by atoms with Crippen LogP contribution in [0.3, 0.4) is 0 Å². The summed E-state index contributed by atoms with van der Waals surface area (Å²) in [6, 6.07) is 0. The molecular weight excluding hydrogens is 146 g/mol. The zero-order valence-corrected chi connectivity index (χ0v) is 6.76. The van der Waals surface area contributed by atoms with Crippen molar-refractivity contribution in [2.45, 2.75) is 25.0 Å². The van der Waals surface area contributed by atoms with Crippen LogP contribution in [-0.4, -0.2) is 36.4 Å². The molecule has 1 aliphatic rings. The molecule has 0 unspecified atom stereocenters. The molecule has 0 spiro atoms. The van der Waals surface area contributed by atoms with Crippen molar-refractivity contribution < 1.29 is 14.6 Å². The highest BCUT2D eigenvalue weighted by Crippen LogP contribution is 2.20. The van der Waals surface area contributed by atoms with E-state index < -0.39 is 11.5 Å². The number of methoxy groups -OCH3 is 1. The van der Waals surface area contributed by atoms with E-state index in [1.54, 1.807) is 14.0 Å². The van der Waals surface area contributed by atoms with Gasteiger partial charge in [0.15, 0.2) is 0 Å². The second-order valence-electron chi connectivity index (χ2n) is 3.08. The summed E-state index contributed by atoms with van der Waals surface area (Å²) in [5.41, 5.74) is -0.791. The molecule has 0 bridgehead atoms. The van der Waals surface area contributed by atoms with Gasteiger partial charge in [0.05, 0.1) is 6.10 Å². The van der Waals surface area contributed by atoms with Gasteiger partial charge in [0, 0.05) is 20.1 Å². The molecule has 0 saturated carbocycles. The first kappa shape index (κ1) is 8.49. The van der Waals surface area contributed by atoms with Gasteiger partial charge in [0.1, 0.15) is 5.54 Å². The Hall–Kier alpha value is -0.610. The Bertz CT molecular complexity index is 171. The summed E-state index contributed by atoms with van der Waals surface area (Å²) in [5, 5.41) is 11.7. The predicted molar refractivity (Wildman–Crippen MR) is 39.5 cm³/mol. The van der Waals surface area contributed by atoms with Crippen LogP contribution in [0.1, 0.15) is 13.3 Å². The van der Waals surface area contributed by atoms with Gasteiger partial charge in [-0.05, 0) is 6.92 Å². The Morgan fingerprint density at radius 3 is 2.73 bits per heavy atom. The number of carboxylic acid groups (broad SMARTS) is 1. The van der Waals surface area contributed by atoms with E-state index in [1.165, 1.54) is 0 Å². The van der Waals surface area contributed by atoms with Gasteiger partial charge in [-0.1, -0.05) is 0 Å². The fourth-order valence-corrected chi connectivity index (χ4v) is 1.27. The topological polar surface area (TPSA) is 58.6 Å². The van der Waals surface area contributed by atoms with Crippen molar-refractivity contribution in [1.29, 1.82) is 0 Å². The van der Waals surface area contributed by atoms with Crippen molar-refractivity contribution in [1.82, 2.24) is 5.32 Å². The van der Waals surface area contributed by atoms with Crippen LogP contribution in [0.4, 0.5) is 0 Å². The summed E-state index contributed by atoms with van der Waals surface area (Å²) in [6.07, 6.45) is 0.579. The molecule has 4 heteroatoms. The standard InChI is InChI=1S/C7H13NO3/c1-7(6(9)10)3-5(11-2)4-8-7/h5,8H,3-4H2,1-2H3,(H,9,10)/t5-,7-/m0/s1. The third-order valence-corrected chi connectivity index (χ3v) is 2.16. The number of ether oxygens (including phenoxy) is 1. The molecule has 64 valence electrons. The monoisotopic (exact) mass is 159 g/mol. The number of carboxylic acids is 1. The summed E-state index contributed by atoms with van der Waals surface area (Å²) in [4.78, 5) is 10.7. The summed E-state index contributed by atoms with van der Waals surface area (Å²) in [6.45, 7) is 2.30. The zero-order valence-electron chi connectivity index (χ0n) is 6.76. The summed E-state index contributed by atoms with van der Waals surface area (Å²) < 4.78 is 5.03. The fraction of sp³-hybridized carbons (Fsp3) is 0.857. The highest BCUT2D eigenvalue weighted by molar-refractivity contribution is 5.78. The van der Waals surface area contributed by atoms with Crippen LogP contribution < -0.4 is 5.32 Å². The molecule has 11 heavy (non-hydrogen) atoms. The normalized spacial score (nSPS) is 37.5. The smallest absolute Gasteiger partial charge is 0.323 e. The number of hydrogen-bond donors (Lipinski definition) is 2. The highest BCUT2D eigenvalue weighted by Gasteiger charge is 2.40. The van der Waals surface area contributed by atoms with Crippen LogP contribution in [0.15, 0.2) is 0 Å². The Morgan fingerprint density at radius 2 is 2.45 bits per heavy atom. The first-order valence-electron chi connectivity index (χ1n) is 3.60. The van der Waals surface area contributed by atoms with Crippen molar-refractivity contribution in [2.75, 3.05) is 13.7 Å². The second kappa shape index (κ2) is 2.79. The van der Waals surface area contributed by atoms with Gasteiger partial charge in [-0.15, -0.1) is 0 Å². The van der Waals surface area contributed by atoms with E-state index >= 15 is 0 Å². The molecule has 0 radical (unpaired) electrons. The van der Waals surface area contributed by atoms with Gasteiger partial charge in [-0.2, -0.15) is 0 Å². The summed E-state index contributed by atoms with van der Waals surface area (Å²) in [5.74, 6) is -0.808. The van der Waals surface area contributed by atoms with Crippen molar-refractivity contribution >= 4 is 5.97 Å². The minimum absolute atomic E-state index is 0.0381. The van der Waals surface area contributed by atoms with Gasteiger partial charge in [-0.3, -0.25) is 10.1 Å². The summed E-state index contributed by atoms with van der Waals surface area (Å²) in [7, 11) is 1.60. The van der Waals surface area contributed by atoms with Crippen LogP contribution in [0.2, 0.25) is 0 Å². The number of carbonyl (C=O) groups is 1. The number of hydrogen-bond acceptors (Lipinski definition) is 3. The van der Waals surface area contributed by atoms with Gasteiger partial charge in [0.25, 0.3) is 0 Å². The number of nitrogens with one attached hydrogen (secondary N) is 1. The van der Waals surface area contributed by atoms with Crippen LogP contribution >= 0.6 is 0 Å². The largest absolute Gasteiger partial charge is 0.480 e. The molecule has 1 heterocycles. The van der Waals surface area contributed by atoms with E-state index in [4.69, 9.17) is 9.84 Å². The minimum atomic E-state index is -0.808. The third kappa shape index (κ3) is 1.52. The molecular formula is C7H13NO3. The van der Waals surface area contributed by atoms with Crippen molar-refractivity contribution in [3.8, 4) is 0 Å². The van der Waals surface area contributed by atoms with Gasteiger partial charge < -0.3 is 9.84 Å². The van der Waals surface area contributed by atoms with E-state index in [0.717, 1.165) is 0 Å². The molecule has 1 aliphatic heterocycles. The highest BCUT2D eigenvalue weighted by atomic mass is 16.5. The second-order valence-corrected chi connectivity index (χ2v) is 3.08. The first-order valence-corrected chi connectivity index (χ1v) is 3.60. The Labute approximate surface area is 65.5 Å². The van der Waals surface area contributed by atoms with E-state index in [2.05, 4.69) is 5.32 Å². The fourth-order valence-electron chi connectivity index (χ4n) is 1.27. The molecule has 0 aromatic carbocycles. The van der Waals surface area contributed by atoms with E-state index in [1.807, 2.05) is 0 Å². The average Bonchev–Trinajstić information content (AvgIpc) is 2.33. The minimum Gasteiger partial charge on any atom is -0.480 e. The lowest BCUT2D eigenvalue weighted by Crippen LogP contribution is -2.44. The molecule has 2 N–H and O–H groups in total. The summed E-state index contributed by atoms with van der Waals surface area (Å²) >= 11 is 0. The Balaban J connectivity index is 2.57. The number of rotatable bonds is 2. The molecule has 1 fully saturated rings. The number of aliphatic carboxylic acids is 1. The van der Waals surface area contributed by atoms with E-state index in [-0.39, 0.29) is 6.10 Å². The molecule has 1 rings (SSSR count). The van der Waals surface area contributed by atoms with Crippen LogP contribution in [0, 0.1) is 0 Å². The van der Waals surface area contributed by atoms with E-state index in [9.17, 15) is 4.79 Å². The van der Waals surface area contributed by atoms with Gasteiger partial charge in [0.2, 0.25) is 0 Å². The lowest BCUT2D eigenvalue weighted by molar-refractivity contribution is -0.143. The van der Waals surface area contributed by atoms with Gasteiger partial charge in [-0.25, -0.2) is 0 Å². The van der Waals surface area contributed by atoms with Crippen LogP contribution in [0.25, 0.3) is 0 Å².